The number of likely N-dealkylation sites (tertiary alicyclic amines) is 1. The van der Waals surface area contributed by atoms with Gasteiger partial charge in [0.2, 0.25) is 0 Å². The predicted molar refractivity (Wildman–Crippen MR) is 72.9 cm³/mol. The molecule has 1 unspecified atom stereocenters. The minimum absolute atomic E-state index is 0.189. The Balaban J connectivity index is 1.66. The van der Waals surface area contributed by atoms with Crippen molar-refractivity contribution < 1.29 is 4.92 Å². The zero-order chi connectivity index (χ0) is 13.3. The summed E-state index contributed by atoms with van der Waals surface area (Å²) < 4.78 is 0. The number of nitrogens with zero attached hydrogens (tertiary/aromatic N) is 2. The Morgan fingerprint density at radius 1 is 1.42 bits per heavy atom. The van der Waals surface area contributed by atoms with E-state index in [0.717, 1.165) is 38.3 Å². The van der Waals surface area contributed by atoms with Crippen molar-refractivity contribution in [2.24, 2.45) is 5.41 Å². The van der Waals surface area contributed by atoms with Crippen molar-refractivity contribution in [3.8, 4) is 0 Å². The lowest BCUT2D eigenvalue weighted by molar-refractivity contribution is -0.384. The summed E-state index contributed by atoms with van der Waals surface area (Å²) in [6, 6.07) is 7.00. The lowest BCUT2D eigenvalue weighted by Crippen LogP contribution is -2.28. The molecular weight excluding hydrogens is 242 g/mol. The van der Waals surface area contributed by atoms with E-state index >= 15 is 0 Å². The van der Waals surface area contributed by atoms with Crippen LogP contribution in [-0.4, -0.2) is 36.0 Å². The number of nitro benzene ring substituents is 1. The first kappa shape index (κ1) is 12.6. The zero-order valence-corrected chi connectivity index (χ0v) is 11.0. The monoisotopic (exact) mass is 261 g/mol. The minimum atomic E-state index is -0.324. The van der Waals surface area contributed by atoms with Gasteiger partial charge in [-0.05, 0) is 36.9 Å². The van der Waals surface area contributed by atoms with Crippen LogP contribution in [0.15, 0.2) is 24.3 Å². The molecule has 2 heterocycles. The number of hydrogen-bond acceptors (Lipinski definition) is 4. The van der Waals surface area contributed by atoms with Crippen molar-refractivity contribution in [2.45, 2.75) is 19.4 Å². The van der Waals surface area contributed by atoms with Gasteiger partial charge in [-0.25, -0.2) is 0 Å². The summed E-state index contributed by atoms with van der Waals surface area (Å²) in [6.45, 7) is 5.29. The molecule has 0 aromatic heterocycles. The van der Waals surface area contributed by atoms with Crippen molar-refractivity contribution >= 4 is 5.69 Å². The lowest BCUT2D eigenvalue weighted by atomic mass is 9.86. The lowest BCUT2D eigenvalue weighted by Gasteiger charge is -2.22. The highest BCUT2D eigenvalue weighted by Crippen LogP contribution is 2.36. The fourth-order valence-electron chi connectivity index (χ4n) is 3.33. The molecule has 1 N–H and O–H groups in total. The van der Waals surface area contributed by atoms with E-state index in [0.29, 0.717) is 5.41 Å². The summed E-state index contributed by atoms with van der Waals surface area (Å²) in [5, 5.41) is 14.2. The third-order valence-electron chi connectivity index (χ3n) is 4.38. The molecule has 2 fully saturated rings. The normalized spacial score (nSPS) is 27.2. The van der Waals surface area contributed by atoms with Crippen LogP contribution in [0.4, 0.5) is 5.69 Å². The van der Waals surface area contributed by atoms with Crippen molar-refractivity contribution in [2.75, 3.05) is 26.2 Å². The van der Waals surface area contributed by atoms with E-state index in [1.165, 1.54) is 12.8 Å². The standard InChI is InChI=1S/C14H19N3O2/c18-17(19)13-3-1-2-12(8-13)9-16-7-5-14(11-16)4-6-15-10-14/h1-3,8,15H,4-7,9-11H2. The fraction of sp³-hybridized carbons (Fsp3) is 0.571. The first-order valence-electron chi connectivity index (χ1n) is 6.83. The average Bonchev–Trinajstić information content (AvgIpc) is 3.01. The van der Waals surface area contributed by atoms with Crippen LogP contribution < -0.4 is 5.32 Å². The molecule has 2 aliphatic rings. The highest BCUT2D eigenvalue weighted by atomic mass is 16.6. The molecule has 19 heavy (non-hydrogen) atoms. The summed E-state index contributed by atoms with van der Waals surface area (Å²) in [5.74, 6) is 0. The van der Waals surface area contributed by atoms with Crippen LogP contribution in [0.3, 0.4) is 0 Å². The van der Waals surface area contributed by atoms with Crippen LogP contribution in [0, 0.1) is 15.5 Å². The van der Waals surface area contributed by atoms with E-state index in [2.05, 4.69) is 10.2 Å². The number of hydrogen-bond donors (Lipinski definition) is 1. The molecule has 0 radical (unpaired) electrons. The summed E-state index contributed by atoms with van der Waals surface area (Å²) in [6.07, 6.45) is 2.51. The second-order valence-electron chi connectivity index (χ2n) is 5.81. The van der Waals surface area contributed by atoms with Crippen LogP contribution in [0.2, 0.25) is 0 Å². The first-order valence-corrected chi connectivity index (χ1v) is 6.83. The van der Waals surface area contributed by atoms with Crippen LogP contribution >= 0.6 is 0 Å². The number of benzene rings is 1. The summed E-state index contributed by atoms with van der Waals surface area (Å²) in [5.41, 5.74) is 1.69. The molecule has 0 saturated carbocycles. The van der Waals surface area contributed by atoms with E-state index in [-0.39, 0.29) is 10.6 Å². The highest BCUT2D eigenvalue weighted by Gasteiger charge is 2.40. The zero-order valence-electron chi connectivity index (χ0n) is 11.0. The van der Waals surface area contributed by atoms with Crippen molar-refractivity contribution in [3.05, 3.63) is 39.9 Å². The first-order chi connectivity index (χ1) is 9.17. The SMILES string of the molecule is O=[N+]([O-])c1cccc(CN2CCC3(CCNC3)C2)c1. The number of nitro groups is 1. The molecule has 0 aliphatic carbocycles. The average molecular weight is 261 g/mol. The molecule has 5 nitrogen and oxygen atoms in total. The van der Waals surface area contributed by atoms with Gasteiger partial charge in [0.15, 0.2) is 0 Å². The molecule has 1 aromatic rings. The highest BCUT2D eigenvalue weighted by molar-refractivity contribution is 5.34. The maximum Gasteiger partial charge on any atom is 0.269 e. The van der Waals surface area contributed by atoms with E-state index in [4.69, 9.17) is 0 Å². The van der Waals surface area contributed by atoms with Gasteiger partial charge < -0.3 is 5.32 Å². The van der Waals surface area contributed by atoms with E-state index < -0.39 is 0 Å². The second kappa shape index (κ2) is 4.90. The third-order valence-corrected chi connectivity index (χ3v) is 4.38. The molecule has 1 spiro atoms. The number of nitrogens with one attached hydrogen (secondary N) is 1. The Morgan fingerprint density at radius 2 is 2.32 bits per heavy atom. The van der Waals surface area contributed by atoms with Gasteiger partial charge in [-0.2, -0.15) is 0 Å². The van der Waals surface area contributed by atoms with Crippen LogP contribution in [0.1, 0.15) is 18.4 Å². The topological polar surface area (TPSA) is 58.4 Å². The molecule has 0 bridgehead atoms. The van der Waals surface area contributed by atoms with Gasteiger partial charge in [0.25, 0.3) is 5.69 Å². The molecule has 3 rings (SSSR count). The minimum Gasteiger partial charge on any atom is -0.316 e. The molecular formula is C14H19N3O2. The van der Waals surface area contributed by atoms with E-state index in [1.807, 2.05) is 6.07 Å². The largest absolute Gasteiger partial charge is 0.316 e. The summed E-state index contributed by atoms with van der Waals surface area (Å²) in [7, 11) is 0. The molecule has 102 valence electrons. The maximum absolute atomic E-state index is 10.8. The van der Waals surface area contributed by atoms with E-state index in [1.54, 1.807) is 18.2 Å². The van der Waals surface area contributed by atoms with Gasteiger partial charge in [-0.3, -0.25) is 15.0 Å². The number of non-ortho nitro benzene ring substituents is 1. The second-order valence-corrected chi connectivity index (χ2v) is 5.81. The van der Waals surface area contributed by atoms with Gasteiger partial charge in [0.1, 0.15) is 0 Å². The van der Waals surface area contributed by atoms with Crippen molar-refractivity contribution in [1.29, 1.82) is 0 Å². The Kier molecular flexibility index (Phi) is 3.24. The van der Waals surface area contributed by atoms with Gasteiger partial charge >= 0.3 is 0 Å². The van der Waals surface area contributed by atoms with Gasteiger partial charge in [-0.15, -0.1) is 0 Å². The van der Waals surface area contributed by atoms with Crippen LogP contribution in [0.25, 0.3) is 0 Å². The molecule has 2 saturated heterocycles. The summed E-state index contributed by atoms with van der Waals surface area (Å²) in [4.78, 5) is 12.9. The van der Waals surface area contributed by atoms with Gasteiger partial charge in [0.05, 0.1) is 4.92 Å². The fourth-order valence-corrected chi connectivity index (χ4v) is 3.33. The quantitative estimate of drug-likeness (QED) is 0.665. The maximum atomic E-state index is 10.8. The Bertz CT molecular complexity index is 483. The summed E-state index contributed by atoms with van der Waals surface area (Å²) >= 11 is 0. The van der Waals surface area contributed by atoms with Crippen molar-refractivity contribution in [1.82, 2.24) is 10.2 Å². The van der Waals surface area contributed by atoms with E-state index in [9.17, 15) is 10.1 Å². The Labute approximate surface area is 112 Å². The van der Waals surface area contributed by atoms with Gasteiger partial charge in [0, 0.05) is 31.8 Å². The molecule has 0 amide bonds. The van der Waals surface area contributed by atoms with Crippen molar-refractivity contribution in [3.63, 3.8) is 0 Å². The Hall–Kier alpha value is -1.46. The molecule has 5 heteroatoms. The van der Waals surface area contributed by atoms with Gasteiger partial charge in [-0.1, -0.05) is 12.1 Å². The third kappa shape index (κ3) is 2.62. The van der Waals surface area contributed by atoms with Crippen LogP contribution in [-0.2, 0) is 6.54 Å². The Morgan fingerprint density at radius 3 is 3.05 bits per heavy atom. The molecule has 1 atom stereocenters. The smallest absolute Gasteiger partial charge is 0.269 e. The molecule has 1 aromatic carbocycles. The molecule has 2 aliphatic heterocycles. The predicted octanol–water partition coefficient (Wildman–Crippen LogP) is 1.78. The van der Waals surface area contributed by atoms with Crippen LogP contribution in [0.5, 0.6) is 0 Å². The number of rotatable bonds is 3.